The number of carbonyl (C=O) groups is 1. The van der Waals surface area contributed by atoms with Crippen LogP contribution in [0.1, 0.15) is 45.4 Å². The molecule has 86 valence electrons. The molecule has 0 aromatic carbocycles. The Morgan fingerprint density at radius 3 is 2.27 bits per heavy atom. The van der Waals surface area contributed by atoms with E-state index in [0.717, 1.165) is 24.8 Å². The van der Waals surface area contributed by atoms with Gasteiger partial charge in [0, 0.05) is 6.42 Å². The molecule has 2 heteroatoms. The van der Waals surface area contributed by atoms with E-state index in [0.29, 0.717) is 12.2 Å². The number of nitrogens with zero attached hydrogens (tertiary/aromatic N) is 1. The van der Waals surface area contributed by atoms with Crippen LogP contribution in [0.2, 0.25) is 0 Å². The van der Waals surface area contributed by atoms with Crippen molar-refractivity contribution in [1.29, 1.82) is 0 Å². The predicted molar refractivity (Wildman–Crippen MR) is 63.9 cm³/mol. The third kappa shape index (κ3) is 2.49. The molecule has 1 fully saturated rings. The van der Waals surface area contributed by atoms with E-state index in [1.165, 1.54) is 12.8 Å². The molecule has 0 aromatic rings. The van der Waals surface area contributed by atoms with Gasteiger partial charge in [0.15, 0.2) is 5.78 Å². The lowest BCUT2D eigenvalue weighted by Crippen LogP contribution is -2.48. The van der Waals surface area contributed by atoms with Crippen LogP contribution in [0.3, 0.4) is 0 Å². The summed E-state index contributed by atoms with van der Waals surface area (Å²) in [6.45, 7) is 6.00. The summed E-state index contributed by atoms with van der Waals surface area (Å²) >= 11 is 0. The molecule has 0 atom stereocenters. The maximum Gasteiger partial charge on any atom is 0.157 e. The van der Waals surface area contributed by atoms with Crippen LogP contribution in [-0.2, 0) is 4.79 Å². The van der Waals surface area contributed by atoms with Gasteiger partial charge in [0.05, 0.1) is 5.54 Å². The van der Waals surface area contributed by atoms with Gasteiger partial charge in [-0.1, -0.05) is 31.9 Å². The highest BCUT2D eigenvalue weighted by Gasteiger charge is 2.42. The topological polar surface area (TPSA) is 20.3 Å². The average Bonchev–Trinajstić information content (AvgIpc) is 2.67. The van der Waals surface area contributed by atoms with E-state index in [2.05, 4.69) is 18.4 Å². The second kappa shape index (κ2) is 4.93. The summed E-state index contributed by atoms with van der Waals surface area (Å²) in [6.07, 6.45) is 5.89. The van der Waals surface area contributed by atoms with E-state index in [9.17, 15) is 4.79 Å². The van der Waals surface area contributed by atoms with Gasteiger partial charge in [0.2, 0.25) is 0 Å². The molecule has 1 saturated carbocycles. The molecule has 0 heterocycles. The van der Waals surface area contributed by atoms with Crippen LogP contribution in [0.25, 0.3) is 0 Å². The number of rotatable bonds is 5. The van der Waals surface area contributed by atoms with Crippen molar-refractivity contribution < 1.29 is 4.79 Å². The Bertz CT molecular complexity index is 249. The molecule has 0 spiro atoms. The van der Waals surface area contributed by atoms with Crippen LogP contribution >= 0.6 is 0 Å². The van der Waals surface area contributed by atoms with Crippen molar-refractivity contribution in [2.45, 2.75) is 51.0 Å². The van der Waals surface area contributed by atoms with Gasteiger partial charge in [-0.25, -0.2) is 0 Å². The lowest BCUT2D eigenvalue weighted by atomic mass is 9.86. The fourth-order valence-electron chi connectivity index (χ4n) is 2.45. The summed E-state index contributed by atoms with van der Waals surface area (Å²) < 4.78 is 0. The molecular weight excluding hydrogens is 186 g/mol. The normalized spacial score (nSPS) is 19.5. The number of ketones is 1. The van der Waals surface area contributed by atoms with Gasteiger partial charge in [-0.05, 0) is 33.4 Å². The highest BCUT2D eigenvalue weighted by molar-refractivity contribution is 5.90. The molecule has 15 heavy (non-hydrogen) atoms. The Morgan fingerprint density at radius 2 is 1.87 bits per heavy atom. The second-order valence-electron chi connectivity index (χ2n) is 4.84. The predicted octanol–water partition coefficient (Wildman–Crippen LogP) is 2.79. The fraction of sp³-hybridized carbons (Fsp3) is 0.769. The summed E-state index contributed by atoms with van der Waals surface area (Å²) in [5.74, 6) is 0.372. The van der Waals surface area contributed by atoms with Crippen LogP contribution in [0.5, 0.6) is 0 Å². The molecule has 0 N–H and O–H groups in total. The van der Waals surface area contributed by atoms with E-state index in [1.807, 2.05) is 14.1 Å². The minimum absolute atomic E-state index is 0.182. The van der Waals surface area contributed by atoms with Crippen molar-refractivity contribution in [3.63, 3.8) is 0 Å². The lowest BCUT2D eigenvalue weighted by molar-refractivity contribution is -0.128. The number of allylic oxidation sites excluding steroid dienone is 1. The third-order valence-electron chi connectivity index (χ3n) is 3.72. The van der Waals surface area contributed by atoms with Gasteiger partial charge in [0.25, 0.3) is 0 Å². The SMILES string of the molecule is C=C(CC)CC(=O)C1(N(C)C)CCCC1. The Morgan fingerprint density at radius 1 is 1.33 bits per heavy atom. The van der Waals surface area contributed by atoms with Crippen molar-refractivity contribution in [1.82, 2.24) is 4.90 Å². The summed E-state index contributed by atoms with van der Waals surface area (Å²) in [4.78, 5) is 14.4. The Hall–Kier alpha value is -0.630. The number of carbonyl (C=O) groups excluding carboxylic acids is 1. The monoisotopic (exact) mass is 209 g/mol. The van der Waals surface area contributed by atoms with Gasteiger partial charge in [-0.3, -0.25) is 9.69 Å². The molecule has 0 radical (unpaired) electrons. The number of hydrogen-bond donors (Lipinski definition) is 0. The van der Waals surface area contributed by atoms with Crippen molar-refractivity contribution in [3.8, 4) is 0 Å². The molecule has 0 saturated heterocycles. The van der Waals surface area contributed by atoms with Gasteiger partial charge in [-0.15, -0.1) is 0 Å². The first-order chi connectivity index (χ1) is 7.03. The Kier molecular flexibility index (Phi) is 4.09. The smallest absolute Gasteiger partial charge is 0.157 e. The van der Waals surface area contributed by atoms with E-state index in [-0.39, 0.29) is 5.54 Å². The molecule has 1 aliphatic carbocycles. The van der Waals surface area contributed by atoms with Gasteiger partial charge in [-0.2, -0.15) is 0 Å². The van der Waals surface area contributed by atoms with E-state index < -0.39 is 0 Å². The molecule has 0 amide bonds. The fourth-order valence-corrected chi connectivity index (χ4v) is 2.45. The summed E-state index contributed by atoms with van der Waals surface area (Å²) in [5, 5.41) is 0. The van der Waals surface area contributed by atoms with Gasteiger partial charge in [0.1, 0.15) is 0 Å². The molecular formula is C13H23NO. The quantitative estimate of drug-likeness (QED) is 0.649. The van der Waals surface area contributed by atoms with Crippen LogP contribution < -0.4 is 0 Å². The number of Topliss-reactive ketones (excluding diaryl/α,β-unsaturated/α-hetero) is 1. The summed E-state index contributed by atoms with van der Waals surface area (Å²) in [6, 6.07) is 0. The minimum Gasteiger partial charge on any atom is -0.297 e. The largest absolute Gasteiger partial charge is 0.297 e. The maximum absolute atomic E-state index is 12.3. The molecule has 1 rings (SSSR count). The van der Waals surface area contributed by atoms with E-state index in [4.69, 9.17) is 0 Å². The van der Waals surface area contributed by atoms with Crippen LogP contribution in [0.15, 0.2) is 12.2 Å². The zero-order valence-corrected chi connectivity index (χ0v) is 10.3. The second-order valence-corrected chi connectivity index (χ2v) is 4.84. The first kappa shape index (κ1) is 12.4. The van der Waals surface area contributed by atoms with E-state index >= 15 is 0 Å². The minimum atomic E-state index is -0.182. The number of hydrogen-bond acceptors (Lipinski definition) is 2. The molecule has 1 aliphatic rings. The Balaban J connectivity index is 2.72. The van der Waals surface area contributed by atoms with Gasteiger partial charge >= 0.3 is 0 Å². The van der Waals surface area contributed by atoms with Crippen molar-refractivity contribution in [3.05, 3.63) is 12.2 Å². The van der Waals surface area contributed by atoms with Crippen molar-refractivity contribution >= 4 is 5.78 Å². The first-order valence-corrected chi connectivity index (χ1v) is 5.90. The standard InChI is InChI=1S/C13H23NO/c1-5-11(2)10-12(15)13(14(3)4)8-6-7-9-13/h2,5-10H2,1,3-4H3. The van der Waals surface area contributed by atoms with Crippen LogP contribution in [0.4, 0.5) is 0 Å². The zero-order valence-electron chi connectivity index (χ0n) is 10.3. The number of likely N-dealkylation sites (N-methyl/N-ethyl adjacent to an activating group) is 1. The third-order valence-corrected chi connectivity index (χ3v) is 3.72. The van der Waals surface area contributed by atoms with Gasteiger partial charge < -0.3 is 0 Å². The summed E-state index contributed by atoms with van der Waals surface area (Å²) in [7, 11) is 4.05. The summed E-state index contributed by atoms with van der Waals surface area (Å²) in [5.41, 5.74) is 0.881. The zero-order chi connectivity index (χ0) is 11.5. The van der Waals surface area contributed by atoms with Crippen molar-refractivity contribution in [2.24, 2.45) is 0 Å². The molecule has 0 unspecified atom stereocenters. The Labute approximate surface area is 93.3 Å². The average molecular weight is 209 g/mol. The first-order valence-electron chi connectivity index (χ1n) is 5.90. The highest BCUT2D eigenvalue weighted by Crippen LogP contribution is 2.36. The van der Waals surface area contributed by atoms with Crippen LogP contribution in [0, 0.1) is 0 Å². The molecule has 2 nitrogen and oxygen atoms in total. The molecule has 0 aromatic heterocycles. The molecule has 0 bridgehead atoms. The van der Waals surface area contributed by atoms with Crippen LogP contribution in [-0.4, -0.2) is 30.3 Å². The maximum atomic E-state index is 12.3. The van der Waals surface area contributed by atoms with Crippen molar-refractivity contribution in [2.75, 3.05) is 14.1 Å². The highest BCUT2D eigenvalue weighted by atomic mass is 16.1. The molecule has 0 aliphatic heterocycles. The lowest BCUT2D eigenvalue weighted by Gasteiger charge is -2.35. The van der Waals surface area contributed by atoms with E-state index in [1.54, 1.807) is 0 Å².